The van der Waals surface area contributed by atoms with Crippen molar-refractivity contribution in [3.05, 3.63) is 29.8 Å². The molecule has 0 heterocycles. The van der Waals surface area contributed by atoms with Crippen LogP contribution in [-0.2, 0) is 0 Å². The fourth-order valence-electron chi connectivity index (χ4n) is 2.02. The molecule has 0 saturated heterocycles. The second-order valence-electron chi connectivity index (χ2n) is 5.15. The summed E-state index contributed by atoms with van der Waals surface area (Å²) in [6, 6.07) is 5.71. The van der Waals surface area contributed by atoms with Gasteiger partial charge >= 0.3 is 6.36 Å². The number of nitrogens with one attached hydrogen (secondary N) is 1. The predicted molar refractivity (Wildman–Crippen MR) is 68.3 cm³/mol. The summed E-state index contributed by atoms with van der Waals surface area (Å²) in [7, 11) is 0. The van der Waals surface area contributed by atoms with E-state index in [4.69, 9.17) is 0 Å². The van der Waals surface area contributed by atoms with Crippen LogP contribution in [-0.4, -0.2) is 24.1 Å². The molecule has 2 unspecified atom stereocenters. The lowest BCUT2D eigenvalue weighted by atomic mass is 10.1. The quantitative estimate of drug-likeness (QED) is 0.846. The molecule has 2 atom stereocenters. The summed E-state index contributed by atoms with van der Waals surface area (Å²) in [6.07, 6.45) is -2.87. The maximum Gasteiger partial charge on any atom is 0.573 e. The van der Waals surface area contributed by atoms with Crippen LogP contribution < -0.4 is 10.1 Å². The molecule has 20 heavy (non-hydrogen) atoms. The molecule has 3 nitrogen and oxygen atoms in total. The van der Waals surface area contributed by atoms with E-state index in [-0.39, 0.29) is 17.9 Å². The minimum absolute atomic E-state index is 0.0386. The van der Waals surface area contributed by atoms with Gasteiger partial charge < -0.3 is 15.2 Å². The van der Waals surface area contributed by atoms with Gasteiger partial charge in [0, 0.05) is 12.6 Å². The zero-order chi connectivity index (χ0) is 14.8. The van der Waals surface area contributed by atoms with Gasteiger partial charge in [-0.1, -0.05) is 12.1 Å². The standard InChI is InChI=1S/C14H18F3NO2/c1-9(18-8-13(19)11-2-3-11)10-4-6-12(7-5-10)20-14(15,16)17/h4-7,9,11,13,18-19H,2-3,8H2,1H3. The van der Waals surface area contributed by atoms with Gasteiger partial charge in [0.2, 0.25) is 0 Å². The Morgan fingerprint density at radius 3 is 2.40 bits per heavy atom. The second-order valence-corrected chi connectivity index (χ2v) is 5.15. The molecule has 0 radical (unpaired) electrons. The highest BCUT2D eigenvalue weighted by Crippen LogP contribution is 2.32. The minimum Gasteiger partial charge on any atom is -0.406 e. The van der Waals surface area contributed by atoms with E-state index in [1.807, 2.05) is 6.92 Å². The van der Waals surface area contributed by atoms with Gasteiger partial charge in [-0.2, -0.15) is 0 Å². The number of ether oxygens (including phenoxy) is 1. The van der Waals surface area contributed by atoms with Crippen LogP contribution in [0.15, 0.2) is 24.3 Å². The van der Waals surface area contributed by atoms with Crippen molar-refractivity contribution in [1.29, 1.82) is 0 Å². The molecular formula is C14H18F3NO2. The van der Waals surface area contributed by atoms with Crippen LogP contribution in [0.2, 0.25) is 0 Å². The van der Waals surface area contributed by atoms with Gasteiger partial charge in [-0.05, 0) is 43.4 Å². The van der Waals surface area contributed by atoms with Crippen LogP contribution in [0.4, 0.5) is 13.2 Å². The van der Waals surface area contributed by atoms with Gasteiger partial charge in [0.05, 0.1) is 6.10 Å². The lowest BCUT2D eigenvalue weighted by Crippen LogP contribution is -2.30. The maximum atomic E-state index is 12.0. The van der Waals surface area contributed by atoms with Crippen molar-refractivity contribution >= 4 is 0 Å². The van der Waals surface area contributed by atoms with Gasteiger partial charge in [-0.25, -0.2) is 0 Å². The summed E-state index contributed by atoms with van der Waals surface area (Å²) in [5, 5.41) is 12.9. The van der Waals surface area contributed by atoms with Crippen LogP contribution in [0.5, 0.6) is 5.75 Å². The Balaban J connectivity index is 1.84. The highest BCUT2D eigenvalue weighted by atomic mass is 19.4. The van der Waals surface area contributed by atoms with Gasteiger partial charge in [0.1, 0.15) is 5.75 Å². The Morgan fingerprint density at radius 2 is 1.90 bits per heavy atom. The van der Waals surface area contributed by atoms with Crippen molar-refractivity contribution in [3.8, 4) is 5.75 Å². The van der Waals surface area contributed by atoms with Crippen LogP contribution >= 0.6 is 0 Å². The third-order valence-corrected chi connectivity index (χ3v) is 3.41. The number of hydrogen-bond acceptors (Lipinski definition) is 3. The number of alkyl halides is 3. The number of aliphatic hydroxyl groups is 1. The third-order valence-electron chi connectivity index (χ3n) is 3.41. The monoisotopic (exact) mass is 289 g/mol. The predicted octanol–water partition coefficient (Wildman–Crippen LogP) is 3.01. The summed E-state index contributed by atoms with van der Waals surface area (Å²) < 4.78 is 39.9. The second kappa shape index (κ2) is 6.01. The molecular weight excluding hydrogens is 271 g/mol. The largest absolute Gasteiger partial charge is 0.573 e. The van der Waals surface area contributed by atoms with E-state index in [0.717, 1.165) is 18.4 Å². The zero-order valence-corrected chi connectivity index (χ0v) is 11.2. The highest BCUT2D eigenvalue weighted by Gasteiger charge is 2.31. The van der Waals surface area contributed by atoms with E-state index >= 15 is 0 Å². The Labute approximate surface area is 115 Å². The SMILES string of the molecule is CC(NCC(O)C1CC1)c1ccc(OC(F)(F)F)cc1. The van der Waals surface area contributed by atoms with Gasteiger partial charge in [0.25, 0.3) is 0 Å². The third kappa shape index (κ3) is 4.68. The Kier molecular flexibility index (Phi) is 4.55. The molecule has 0 bridgehead atoms. The molecule has 1 aliphatic rings. The molecule has 112 valence electrons. The van der Waals surface area contributed by atoms with E-state index in [2.05, 4.69) is 10.1 Å². The molecule has 2 rings (SSSR count). The van der Waals surface area contributed by atoms with Crippen molar-refractivity contribution in [2.24, 2.45) is 5.92 Å². The summed E-state index contributed by atoms with van der Waals surface area (Å²) >= 11 is 0. The summed E-state index contributed by atoms with van der Waals surface area (Å²) in [4.78, 5) is 0. The van der Waals surface area contributed by atoms with E-state index in [1.54, 1.807) is 12.1 Å². The Morgan fingerprint density at radius 1 is 1.30 bits per heavy atom. The van der Waals surface area contributed by atoms with Crippen molar-refractivity contribution in [1.82, 2.24) is 5.32 Å². The number of halogens is 3. The van der Waals surface area contributed by atoms with Crippen LogP contribution in [0.25, 0.3) is 0 Å². The maximum absolute atomic E-state index is 12.0. The molecule has 2 N–H and O–H groups in total. The first kappa shape index (κ1) is 15.1. The molecule has 6 heteroatoms. The molecule has 1 aromatic rings. The molecule has 0 aliphatic heterocycles. The first-order valence-corrected chi connectivity index (χ1v) is 6.62. The smallest absolute Gasteiger partial charge is 0.406 e. The van der Waals surface area contributed by atoms with Crippen molar-refractivity contribution in [2.75, 3.05) is 6.54 Å². The molecule has 0 spiro atoms. The fourth-order valence-corrected chi connectivity index (χ4v) is 2.02. The van der Waals surface area contributed by atoms with Gasteiger partial charge in [-0.15, -0.1) is 13.2 Å². The molecule has 0 aromatic heterocycles. The first-order valence-electron chi connectivity index (χ1n) is 6.62. The summed E-state index contributed by atoms with van der Waals surface area (Å²) in [6.45, 7) is 2.39. The van der Waals surface area contributed by atoms with E-state index in [1.165, 1.54) is 12.1 Å². The number of rotatable bonds is 6. The van der Waals surface area contributed by atoms with Crippen molar-refractivity contribution < 1.29 is 23.0 Å². The molecule has 1 aromatic carbocycles. The van der Waals surface area contributed by atoms with Crippen LogP contribution in [0, 0.1) is 5.92 Å². The van der Waals surface area contributed by atoms with Gasteiger partial charge in [0.15, 0.2) is 0 Å². The Hall–Kier alpha value is -1.27. The fraction of sp³-hybridized carbons (Fsp3) is 0.571. The molecule has 0 amide bonds. The number of benzene rings is 1. The highest BCUT2D eigenvalue weighted by molar-refractivity contribution is 5.29. The Bertz CT molecular complexity index is 429. The van der Waals surface area contributed by atoms with E-state index in [0.29, 0.717) is 12.5 Å². The lowest BCUT2D eigenvalue weighted by Gasteiger charge is -2.17. The molecule has 1 fully saturated rings. The minimum atomic E-state index is -4.67. The van der Waals surface area contributed by atoms with Crippen molar-refractivity contribution in [2.45, 2.75) is 38.3 Å². The van der Waals surface area contributed by atoms with E-state index < -0.39 is 6.36 Å². The summed E-state index contributed by atoms with van der Waals surface area (Å²) in [5.41, 5.74) is 0.850. The average Bonchev–Trinajstić information content (AvgIpc) is 3.18. The van der Waals surface area contributed by atoms with Crippen LogP contribution in [0.3, 0.4) is 0 Å². The van der Waals surface area contributed by atoms with E-state index in [9.17, 15) is 18.3 Å². The number of aliphatic hydroxyl groups excluding tert-OH is 1. The summed E-state index contributed by atoms with van der Waals surface area (Å²) in [5.74, 6) is 0.170. The van der Waals surface area contributed by atoms with Crippen molar-refractivity contribution in [3.63, 3.8) is 0 Å². The zero-order valence-electron chi connectivity index (χ0n) is 11.2. The molecule has 1 saturated carbocycles. The normalized spacial score (nSPS) is 18.6. The lowest BCUT2D eigenvalue weighted by molar-refractivity contribution is -0.274. The molecule has 1 aliphatic carbocycles. The van der Waals surface area contributed by atoms with Gasteiger partial charge in [-0.3, -0.25) is 0 Å². The van der Waals surface area contributed by atoms with Crippen LogP contribution in [0.1, 0.15) is 31.4 Å². The topological polar surface area (TPSA) is 41.5 Å². The first-order chi connectivity index (χ1) is 9.35. The average molecular weight is 289 g/mol. The number of hydrogen-bond donors (Lipinski definition) is 2.